The fourth-order valence-electron chi connectivity index (χ4n) is 3.90. The van der Waals surface area contributed by atoms with Crippen molar-refractivity contribution in [1.29, 1.82) is 0 Å². The molecule has 0 spiro atoms. The summed E-state index contributed by atoms with van der Waals surface area (Å²) in [7, 11) is 1.68. The van der Waals surface area contributed by atoms with Gasteiger partial charge in [-0.25, -0.2) is 4.98 Å². The number of methoxy groups -OCH3 is 1. The summed E-state index contributed by atoms with van der Waals surface area (Å²) in [5.41, 5.74) is 5.95. The van der Waals surface area contributed by atoms with Crippen LogP contribution in [0.3, 0.4) is 0 Å². The highest BCUT2D eigenvalue weighted by atomic mass is 35.5. The molecule has 0 aliphatic rings. The third kappa shape index (κ3) is 5.99. The number of thiophene rings is 1. The molecule has 2 aromatic carbocycles. The summed E-state index contributed by atoms with van der Waals surface area (Å²) in [6.07, 6.45) is 1.17. The van der Waals surface area contributed by atoms with E-state index < -0.39 is 0 Å². The maximum Gasteiger partial charge on any atom is 0.227 e. The molecule has 2 aromatic heterocycles. The smallest absolute Gasteiger partial charge is 0.227 e. The molecule has 0 radical (unpaired) electrons. The van der Waals surface area contributed by atoms with Gasteiger partial charge in [0.25, 0.3) is 0 Å². The summed E-state index contributed by atoms with van der Waals surface area (Å²) < 4.78 is 5.24. The van der Waals surface area contributed by atoms with Crippen LogP contribution in [-0.4, -0.2) is 36.1 Å². The summed E-state index contributed by atoms with van der Waals surface area (Å²) in [6.45, 7) is 3.77. The molecular formula is C27H27ClN2O2S. The van der Waals surface area contributed by atoms with Crippen molar-refractivity contribution in [3.63, 3.8) is 0 Å². The normalized spacial score (nSPS) is 11.1. The highest BCUT2D eigenvalue weighted by Gasteiger charge is 2.19. The Bertz CT molecular complexity index is 1240. The van der Waals surface area contributed by atoms with Crippen LogP contribution in [-0.2, 0) is 22.5 Å². The number of hydrogen-bond donors (Lipinski definition) is 0. The summed E-state index contributed by atoms with van der Waals surface area (Å²) in [6, 6.07) is 18.2. The lowest BCUT2D eigenvalue weighted by atomic mass is 10.0. The number of pyridine rings is 1. The number of hydrogen-bond acceptors (Lipinski definition) is 4. The van der Waals surface area contributed by atoms with Crippen LogP contribution >= 0.6 is 22.9 Å². The Morgan fingerprint density at radius 3 is 2.79 bits per heavy atom. The molecule has 0 bridgehead atoms. The van der Waals surface area contributed by atoms with Crippen molar-refractivity contribution in [2.45, 2.75) is 26.3 Å². The van der Waals surface area contributed by atoms with E-state index in [-0.39, 0.29) is 5.91 Å². The van der Waals surface area contributed by atoms with Gasteiger partial charge in [0.1, 0.15) is 0 Å². The number of benzene rings is 2. The van der Waals surface area contributed by atoms with Crippen molar-refractivity contribution < 1.29 is 9.53 Å². The number of amides is 1. The minimum atomic E-state index is 0.102. The highest BCUT2D eigenvalue weighted by Crippen LogP contribution is 2.29. The molecule has 2 heterocycles. The van der Waals surface area contributed by atoms with Gasteiger partial charge >= 0.3 is 0 Å². The van der Waals surface area contributed by atoms with E-state index in [4.69, 9.17) is 21.3 Å². The molecule has 4 rings (SSSR count). The van der Waals surface area contributed by atoms with Crippen LogP contribution in [0.15, 0.2) is 65.4 Å². The minimum Gasteiger partial charge on any atom is -0.385 e. The third-order valence-electron chi connectivity index (χ3n) is 5.58. The SMILES string of the molecule is COCCCN(Cc1cc2ccc(C)cc2nc1-c1cccc(Cl)c1)C(=O)Cc1ccsc1. The number of carbonyl (C=O) groups excluding carboxylic acids is 1. The van der Waals surface area contributed by atoms with Crippen LogP contribution in [0.2, 0.25) is 5.02 Å². The van der Waals surface area contributed by atoms with E-state index in [1.165, 1.54) is 0 Å². The zero-order chi connectivity index (χ0) is 23.2. The maximum absolute atomic E-state index is 13.3. The largest absolute Gasteiger partial charge is 0.385 e. The average Bonchev–Trinajstić information content (AvgIpc) is 3.31. The standard InChI is InChI=1S/C27H27ClN2O2S/c1-19-7-8-21-15-23(27(29-25(21)13-19)22-5-3-6-24(28)16-22)17-30(10-4-11-32-2)26(31)14-20-9-12-33-18-20/h3,5-9,12-13,15-16,18H,4,10-11,14,17H2,1-2H3. The summed E-state index contributed by atoms with van der Waals surface area (Å²) in [5, 5.41) is 5.76. The molecule has 1 amide bonds. The lowest BCUT2D eigenvalue weighted by molar-refractivity contribution is -0.131. The first-order chi connectivity index (χ1) is 16.0. The highest BCUT2D eigenvalue weighted by molar-refractivity contribution is 7.08. The molecule has 4 aromatic rings. The van der Waals surface area contributed by atoms with Crippen molar-refractivity contribution in [2.75, 3.05) is 20.3 Å². The van der Waals surface area contributed by atoms with Crippen LogP contribution < -0.4 is 0 Å². The van der Waals surface area contributed by atoms with E-state index in [0.717, 1.165) is 45.3 Å². The Hall–Kier alpha value is -2.73. The molecule has 33 heavy (non-hydrogen) atoms. The van der Waals surface area contributed by atoms with E-state index in [1.54, 1.807) is 18.4 Å². The maximum atomic E-state index is 13.3. The van der Waals surface area contributed by atoms with Crippen molar-refractivity contribution in [1.82, 2.24) is 9.88 Å². The number of rotatable bonds is 9. The Labute approximate surface area is 203 Å². The van der Waals surface area contributed by atoms with Gasteiger partial charge in [-0.05, 0) is 71.1 Å². The monoisotopic (exact) mass is 478 g/mol. The summed E-state index contributed by atoms with van der Waals surface area (Å²) >= 11 is 7.91. The first kappa shape index (κ1) is 23.4. The fourth-order valence-corrected chi connectivity index (χ4v) is 4.76. The molecule has 0 unspecified atom stereocenters. The molecule has 0 aliphatic heterocycles. The Balaban J connectivity index is 1.73. The first-order valence-corrected chi connectivity index (χ1v) is 12.3. The second kappa shape index (κ2) is 10.9. The van der Waals surface area contributed by atoms with Gasteiger partial charge < -0.3 is 9.64 Å². The average molecular weight is 479 g/mol. The molecule has 0 N–H and O–H groups in total. The molecular weight excluding hydrogens is 452 g/mol. The summed E-state index contributed by atoms with van der Waals surface area (Å²) in [4.78, 5) is 20.2. The van der Waals surface area contributed by atoms with E-state index in [2.05, 4.69) is 31.2 Å². The van der Waals surface area contributed by atoms with E-state index in [9.17, 15) is 4.79 Å². The molecule has 6 heteroatoms. The zero-order valence-electron chi connectivity index (χ0n) is 18.9. The van der Waals surface area contributed by atoms with Gasteiger partial charge in [0.2, 0.25) is 5.91 Å². The predicted molar refractivity (Wildman–Crippen MR) is 137 cm³/mol. The van der Waals surface area contributed by atoms with Crippen LogP contribution in [0.1, 0.15) is 23.1 Å². The first-order valence-electron chi connectivity index (χ1n) is 11.0. The topological polar surface area (TPSA) is 42.4 Å². The van der Waals surface area contributed by atoms with Crippen molar-refractivity contribution in [3.05, 3.63) is 87.1 Å². The number of carbonyl (C=O) groups is 1. The van der Waals surface area contributed by atoms with Crippen LogP contribution in [0.4, 0.5) is 0 Å². The molecule has 0 atom stereocenters. The number of fused-ring (bicyclic) bond motifs is 1. The van der Waals surface area contributed by atoms with Crippen molar-refractivity contribution in [2.24, 2.45) is 0 Å². The second-order valence-corrected chi connectivity index (χ2v) is 9.39. The number of halogens is 1. The summed E-state index contributed by atoms with van der Waals surface area (Å²) in [5.74, 6) is 0.102. The Morgan fingerprint density at radius 2 is 2.03 bits per heavy atom. The van der Waals surface area contributed by atoms with Gasteiger partial charge in [-0.1, -0.05) is 35.9 Å². The Kier molecular flexibility index (Phi) is 7.76. The van der Waals surface area contributed by atoms with Gasteiger partial charge in [-0.15, -0.1) is 0 Å². The van der Waals surface area contributed by atoms with Crippen LogP contribution in [0, 0.1) is 6.92 Å². The number of nitrogens with zero attached hydrogens (tertiary/aromatic N) is 2. The zero-order valence-corrected chi connectivity index (χ0v) is 20.5. The number of ether oxygens (including phenoxy) is 1. The Morgan fingerprint density at radius 1 is 1.15 bits per heavy atom. The molecule has 0 saturated carbocycles. The lowest BCUT2D eigenvalue weighted by Crippen LogP contribution is -2.33. The second-order valence-electron chi connectivity index (χ2n) is 8.17. The van der Waals surface area contributed by atoms with Gasteiger partial charge in [-0.3, -0.25) is 4.79 Å². The van der Waals surface area contributed by atoms with Gasteiger partial charge in [0.05, 0.1) is 17.6 Å². The third-order valence-corrected chi connectivity index (χ3v) is 6.54. The van der Waals surface area contributed by atoms with Gasteiger partial charge in [0, 0.05) is 42.8 Å². The quantitative estimate of drug-likeness (QED) is 0.257. The lowest BCUT2D eigenvalue weighted by Gasteiger charge is -2.24. The van der Waals surface area contributed by atoms with Crippen LogP contribution in [0.25, 0.3) is 22.2 Å². The van der Waals surface area contributed by atoms with Crippen LogP contribution in [0.5, 0.6) is 0 Å². The number of aromatic nitrogens is 1. The number of aryl methyl sites for hydroxylation is 1. The predicted octanol–water partition coefficient (Wildman–Crippen LogP) is 6.53. The van der Waals surface area contributed by atoms with E-state index >= 15 is 0 Å². The van der Waals surface area contributed by atoms with E-state index in [1.807, 2.05) is 46.0 Å². The van der Waals surface area contributed by atoms with E-state index in [0.29, 0.717) is 31.1 Å². The molecule has 4 nitrogen and oxygen atoms in total. The minimum absolute atomic E-state index is 0.102. The molecule has 0 saturated heterocycles. The fraction of sp³-hybridized carbons (Fsp3) is 0.259. The van der Waals surface area contributed by atoms with Crippen molar-refractivity contribution in [3.8, 4) is 11.3 Å². The molecule has 0 aliphatic carbocycles. The van der Waals surface area contributed by atoms with Gasteiger partial charge in [0.15, 0.2) is 0 Å². The van der Waals surface area contributed by atoms with Gasteiger partial charge in [-0.2, -0.15) is 11.3 Å². The molecule has 0 fully saturated rings. The van der Waals surface area contributed by atoms with Crippen molar-refractivity contribution >= 4 is 39.7 Å². The molecule has 170 valence electrons.